The third kappa shape index (κ3) is 2.45. The number of hydrogen-bond donors (Lipinski definition) is 2. The minimum Gasteiger partial charge on any atom is -0.468 e. The molecule has 0 spiro atoms. The quantitative estimate of drug-likeness (QED) is 0.797. The van der Waals surface area contributed by atoms with E-state index in [4.69, 9.17) is 9.15 Å². The number of ether oxygens (including phenoxy) is 1. The summed E-state index contributed by atoms with van der Waals surface area (Å²) in [5.74, 6) is 0.796. The second-order valence-electron chi connectivity index (χ2n) is 5.37. The molecule has 1 fully saturated rings. The average molecular weight is 267 g/mol. The summed E-state index contributed by atoms with van der Waals surface area (Å²) >= 11 is 0. The van der Waals surface area contributed by atoms with Gasteiger partial charge in [0, 0.05) is 18.6 Å². The summed E-state index contributed by atoms with van der Waals surface area (Å²) in [5, 5.41) is 13.1. The smallest absolute Gasteiger partial charge is 0.123 e. The van der Waals surface area contributed by atoms with Crippen LogP contribution in [0.15, 0.2) is 22.8 Å². The first kappa shape index (κ1) is 14.6. The van der Waals surface area contributed by atoms with Crippen molar-refractivity contribution >= 4 is 0 Å². The maximum absolute atomic E-state index is 9.55. The molecule has 2 N–H and O–H groups in total. The highest BCUT2D eigenvalue weighted by molar-refractivity contribution is 5.11. The Morgan fingerprint density at radius 2 is 2.26 bits per heavy atom. The normalized spacial score (nSPS) is 26.9. The van der Waals surface area contributed by atoms with Crippen LogP contribution in [0.5, 0.6) is 0 Å². The van der Waals surface area contributed by atoms with Crippen molar-refractivity contribution in [2.24, 2.45) is 5.41 Å². The van der Waals surface area contributed by atoms with Crippen molar-refractivity contribution < 1.29 is 14.3 Å². The molecule has 1 aliphatic carbocycles. The number of furan rings is 1. The summed E-state index contributed by atoms with van der Waals surface area (Å²) in [4.78, 5) is 0. The number of nitrogens with one attached hydrogen (secondary N) is 1. The van der Waals surface area contributed by atoms with Crippen LogP contribution in [0.3, 0.4) is 0 Å². The fraction of sp³-hybridized carbons (Fsp3) is 0.733. The fourth-order valence-corrected chi connectivity index (χ4v) is 3.47. The molecule has 1 aliphatic rings. The first-order valence-corrected chi connectivity index (χ1v) is 7.14. The molecule has 1 saturated carbocycles. The van der Waals surface area contributed by atoms with Gasteiger partial charge in [-0.2, -0.15) is 0 Å². The number of methoxy groups -OCH3 is 1. The second-order valence-corrected chi connectivity index (χ2v) is 5.37. The molecule has 0 radical (unpaired) electrons. The topological polar surface area (TPSA) is 54.6 Å². The maximum atomic E-state index is 9.55. The molecule has 19 heavy (non-hydrogen) atoms. The number of rotatable bonds is 7. The summed E-state index contributed by atoms with van der Waals surface area (Å²) in [6.07, 6.45) is 5.11. The summed E-state index contributed by atoms with van der Waals surface area (Å²) in [7, 11) is 1.79. The van der Waals surface area contributed by atoms with Gasteiger partial charge in [0.05, 0.1) is 25.0 Å². The van der Waals surface area contributed by atoms with Crippen LogP contribution in [-0.2, 0) is 4.74 Å². The summed E-state index contributed by atoms with van der Waals surface area (Å²) in [5.41, 5.74) is 0.175. The molecule has 108 valence electrons. The van der Waals surface area contributed by atoms with Gasteiger partial charge in [0.1, 0.15) is 5.76 Å². The van der Waals surface area contributed by atoms with Gasteiger partial charge in [-0.15, -0.1) is 0 Å². The van der Waals surface area contributed by atoms with Crippen molar-refractivity contribution in [1.82, 2.24) is 5.32 Å². The Bertz CT molecular complexity index is 373. The highest BCUT2D eigenvalue weighted by Gasteiger charge is 2.53. The van der Waals surface area contributed by atoms with Crippen molar-refractivity contribution in [2.75, 3.05) is 13.7 Å². The van der Waals surface area contributed by atoms with Gasteiger partial charge in [-0.1, -0.05) is 13.8 Å². The lowest BCUT2D eigenvalue weighted by Gasteiger charge is -2.56. The van der Waals surface area contributed by atoms with Crippen LogP contribution in [0, 0.1) is 5.41 Å². The highest BCUT2D eigenvalue weighted by Crippen LogP contribution is 2.49. The van der Waals surface area contributed by atoms with E-state index in [1.54, 1.807) is 13.4 Å². The van der Waals surface area contributed by atoms with Crippen LogP contribution in [-0.4, -0.2) is 31.0 Å². The maximum Gasteiger partial charge on any atom is 0.123 e. The highest BCUT2D eigenvalue weighted by atomic mass is 16.5. The van der Waals surface area contributed by atoms with Gasteiger partial charge >= 0.3 is 0 Å². The van der Waals surface area contributed by atoms with Crippen molar-refractivity contribution in [3.05, 3.63) is 24.2 Å². The molecule has 0 bridgehead atoms. The molecule has 0 aliphatic heterocycles. The van der Waals surface area contributed by atoms with E-state index in [0.29, 0.717) is 12.1 Å². The Balaban J connectivity index is 2.06. The van der Waals surface area contributed by atoms with Crippen LogP contribution in [0.1, 0.15) is 44.9 Å². The zero-order chi connectivity index (χ0) is 13.9. The zero-order valence-electron chi connectivity index (χ0n) is 12.1. The predicted molar refractivity (Wildman–Crippen MR) is 73.9 cm³/mol. The first-order valence-electron chi connectivity index (χ1n) is 7.14. The lowest BCUT2D eigenvalue weighted by Crippen LogP contribution is -2.63. The molecule has 0 amide bonds. The minimum absolute atomic E-state index is 0.0468. The van der Waals surface area contributed by atoms with Gasteiger partial charge in [0.25, 0.3) is 0 Å². The summed E-state index contributed by atoms with van der Waals surface area (Å²) in [6, 6.07) is 4.00. The molecular weight excluding hydrogens is 242 g/mol. The molecule has 4 nitrogen and oxygen atoms in total. The standard InChI is InChI=1S/C15H25NO3/c1-4-15(5-2)13(9-14(15)18-3)16-11(10-17)12-7-6-8-19-12/h6-8,11,13-14,16-17H,4-5,9-10H2,1-3H3. The minimum atomic E-state index is -0.129. The van der Waals surface area contributed by atoms with E-state index >= 15 is 0 Å². The van der Waals surface area contributed by atoms with E-state index in [1.807, 2.05) is 12.1 Å². The van der Waals surface area contributed by atoms with Gasteiger partial charge in [-0.3, -0.25) is 0 Å². The third-order valence-corrected chi connectivity index (χ3v) is 4.86. The van der Waals surface area contributed by atoms with Gasteiger partial charge in [0.15, 0.2) is 0 Å². The van der Waals surface area contributed by atoms with Gasteiger partial charge in [-0.25, -0.2) is 0 Å². The number of hydrogen-bond acceptors (Lipinski definition) is 4. The lowest BCUT2D eigenvalue weighted by molar-refractivity contribution is -0.128. The van der Waals surface area contributed by atoms with Gasteiger partial charge in [-0.05, 0) is 31.4 Å². The Labute approximate surface area is 115 Å². The van der Waals surface area contributed by atoms with E-state index in [-0.39, 0.29) is 18.1 Å². The predicted octanol–water partition coefficient (Wildman–Crippen LogP) is 2.50. The number of aliphatic hydroxyl groups excluding tert-OH is 1. The number of aliphatic hydroxyl groups is 1. The van der Waals surface area contributed by atoms with E-state index in [9.17, 15) is 5.11 Å². The van der Waals surface area contributed by atoms with E-state index in [0.717, 1.165) is 25.0 Å². The summed E-state index contributed by atoms with van der Waals surface area (Å²) in [6.45, 7) is 4.47. The average Bonchev–Trinajstić information content (AvgIpc) is 2.94. The van der Waals surface area contributed by atoms with Crippen molar-refractivity contribution in [3.8, 4) is 0 Å². The molecule has 4 heteroatoms. The second kappa shape index (κ2) is 6.07. The molecule has 1 heterocycles. The molecule has 1 aromatic heterocycles. The summed E-state index contributed by atoms with van der Waals surface area (Å²) < 4.78 is 11.0. The monoisotopic (exact) mass is 267 g/mol. The van der Waals surface area contributed by atoms with E-state index in [1.165, 1.54) is 0 Å². The van der Waals surface area contributed by atoms with Crippen LogP contribution in [0.25, 0.3) is 0 Å². The Morgan fingerprint density at radius 1 is 1.53 bits per heavy atom. The molecule has 2 rings (SSSR count). The Kier molecular flexibility index (Phi) is 4.66. The zero-order valence-corrected chi connectivity index (χ0v) is 12.1. The molecule has 3 atom stereocenters. The van der Waals surface area contributed by atoms with E-state index in [2.05, 4.69) is 19.2 Å². The van der Waals surface area contributed by atoms with E-state index < -0.39 is 0 Å². The molecule has 0 saturated heterocycles. The van der Waals surface area contributed by atoms with Gasteiger partial charge in [0.2, 0.25) is 0 Å². The Hall–Kier alpha value is -0.840. The SMILES string of the molecule is CCC1(CC)C(NC(CO)c2ccco2)CC1OC. The molecule has 3 unspecified atom stereocenters. The molecule has 0 aromatic carbocycles. The van der Waals surface area contributed by atoms with Crippen molar-refractivity contribution in [3.63, 3.8) is 0 Å². The van der Waals surface area contributed by atoms with Crippen molar-refractivity contribution in [1.29, 1.82) is 0 Å². The third-order valence-electron chi connectivity index (χ3n) is 4.86. The molecule has 1 aromatic rings. The van der Waals surface area contributed by atoms with Crippen LogP contribution >= 0.6 is 0 Å². The van der Waals surface area contributed by atoms with Crippen LogP contribution in [0.2, 0.25) is 0 Å². The fourth-order valence-electron chi connectivity index (χ4n) is 3.47. The first-order chi connectivity index (χ1) is 9.21. The molecular formula is C15H25NO3. The van der Waals surface area contributed by atoms with Crippen LogP contribution in [0.4, 0.5) is 0 Å². The van der Waals surface area contributed by atoms with Gasteiger partial charge < -0.3 is 19.6 Å². The Morgan fingerprint density at radius 3 is 2.74 bits per heavy atom. The van der Waals surface area contributed by atoms with Crippen molar-refractivity contribution in [2.45, 2.75) is 51.3 Å². The van der Waals surface area contributed by atoms with Crippen LogP contribution < -0.4 is 5.32 Å². The lowest BCUT2D eigenvalue weighted by atomic mass is 9.58. The largest absolute Gasteiger partial charge is 0.468 e.